The van der Waals surface area contributed by atoms with Crippen molar-refractivity contribution in [1.29, 1.82) is 0 Å². The van der Waals surface area contributed by atoms with Crippen LogP contribution in [0, 0.1) is 5.92 Å². The Labute approximate surface area is 107 Å². The summed E-state index contributed by atoms with van der Waals surface area (Å²) in [4.78, 5) is 0. The highest BCUT2D eigenvalue weighted by atomic mass is 32.2. The lowest BCUT2D eigenvalue weighted by molar-refractivity contribution is 0.321. The second-order valence-corrected chi connectivity index (χ2v) is 7.16. The molecule has 0 spiro atoms. The fourth-order valence-corrected chi connectivity index (χ4v) is 4.92. The maximum Gasteiger partial charge on any atom is 0.0601 e. The van der Waals surface area contributed by atoms with E-state index in [0.717, 1.165) is 17.7 Å². The number of nitrogens with one attached hydrogen (secondary N) is 1. The van der Waals surface area contributed by atoms with Crippen molar-refractivity contribution in [2.45, 2.75) is 48.6 Å². The van der Waals surface area contributed by atoms with Crippen molar-refractivity contribution >= 4 is 23.1 Å². The Morgan fingerprint density at radius 3 is 3.06 bits per heavy atom. The van der Waals surface area contributed by atoms with Crippen molar-refractivity contribution in [3.63, 3.8) is 0 Å². The molecule has 0 aliphatic heterocycles. The molecule has 1 N–H and O–H groups in total. The van der Waals surface area contributed by atoms with Gasteiger partial charge in [-0.15, -0.1) is 23.1 Å². The molecule has 3 heteroatoms. The summed E-state index contributed by atoms with van der Waals surface area (Å²) >= 11 is 3.95. The summed E-state index contributed by atoms with van der Waals surface area (Å²) in [7, 11) is 0. The van der Waals surface area contributed by atoms with Crippen LogP contribution in [0.2, 0.25) is 0 Å². The normalized spacial score (nSPS) is 30.5. The molecule has 3 unspecified atom stereocenters. The maximum absolute atomic E-state index is 3.65. The first-order valence-corrected chi connectivity index (χ1v) is 7.99. The van der Waals surface area contributed by atoms with Crippen LogP contribution in [0.1, 0.15) is 33.1 Å². The molecule has 0 radical (unpaired) electrons. The summed E-state index contributed by atoms with van der Waals surface area (Å²) in [5.41, 5.74) is 0. The molecule has 1 heterocycles. The predicted molar refractivity (Wildman–Crippen MR) is 74.4 cm³/mol. The molecule has 1 aliphatic carbocycles. The lowest BCUT2D eigenvalue weighted by atomic mass is 9.87. The van der Waals surface area contributed by atoms with Gasteiger partial charge in [-0.25, -0.2) is 0 Å². The average Bonchev–Trinajstić information content (AvgIpc) is 2.75. The van der Waals surface area contributed by atoms with Crippen LogP contribution in [0.25, 0.3) is 0 Å². The monoisotopic (exact) mass is 255 g/mol. The lowest BCUT2D eigenvalue weighted by Crippen LogP contribution is -2.42. The zero-order valence-corrected chi connectivity index (χ0v) is 11.7. The van der Waals surface area contributed by atoms with Crippen LogP contribution < -0.4 is 5.32 Å². The summed E-state index contributed by atoms with van der Waals surface area (Å²) < 4.78 is 1.47. The first kappa shape index (κ1) is 12.5. The van der Waals surface area contributed by atoms with Gasteiger partial charge in [-0.2, -0.15) is 0 Å². The third-order valence-electron chi connectivity index (χ3n) is 3.28. The van der Waals surface area contributed by atoms with Gasteiger partial charge in [0, 0.05) is 11.3 Å². The zero-order valence-electron chi connectivity index (χ0n) is 10.1. The van der Waals surface area contributed by atoms with Crippen molar-refractivity contribution in [2.75, 3.05) is 6.54 Å². The van der Waals surface area contributed by atoms with Gasteiger partial charge in [0.15, 0.2) is 0 Å². The van der Waals surface area contributed by atoms with Crippen LogP contribution in [0.15, 0.2) is 21.7 Å². The van der Waals surface area contributed by atoms with E-state index in [2.05, 4.69) is 48.4 Å². The summed E-state index contributed by atoms with van der Waals surface area (Å²) in [6.45, 7) is 5.70. The Bertz CT molecular complexity index is 297. The van der Waals surface area contributed by atoms with Crippen LogP contribution in [0.5, 0.6) is 0 Å². The summed E-state index contributed by atoms with van der Waals surface area (Å²) in [6, 6.07) is 5.12. The fraction of sp³-hybridized carbons (Fsp3) is 0.692. The molecule has 0 bridgehead atoms. The highest BCUT2D eigenvalue weighted by molar-refractivity contribution is 8.01. The van der Waals surface area contributed by atoms with Gasteiger partial charge in [0.2, 0.25) is 0 Å². The molecule has 0 saturated heterocycles. The van der Waals surface area contributed by atoms with E-state index in [0.29, 0.717) is 6.04 Å². The Kier molecular flexibility index (Phi) is 4.74. The van der Waals surface area contributed by atoms with Gasteiger partial charge in [0.25, 0.3) is 0 Å². The van der Waals surface area contributed by atoms with Crippen molar-refractivity contribution in [1.82, 2.24) is 5.32 Å². The van der Waals surface area contributed by atoms with E-state index in [4.69, 9.17) is 0 Å². The van der Waals surface area contributed by atoms with Crippen molar-refractivity contribution in [3.8, 4) is 0 Å². The lowest BCUT2D eigenvalue weighted by Gasteiger charge is -2.34. The summed E-state index contributed by atoms with van der Waals surface area (Å²) in [6.07, 6.45) is 4.09. The summed E-state index contributed by atoms with van der Waals surface area (Å²) in [5, 5.41) is 6.59. The second kappa shape index (κ2) is 6.08. The minimum Gasteiger partial charge on any atom is -0.313 e. The first-order chi connectivity index (χ1) is 7.79. The topological polar surface area (TPSA) is 12.0 Å². The van der Waals surface area contributed by atoms with Crippen LogP contribution >= 0.6 is 23.1 Å². The molecular formula is C13H21NS2. The van der Waals surface area contributed by atoms with Crippen LogP contribution in [0.4, 0.5) is 0 Å². The SMILES string of the molecule is CCNC1CCC(C)CC1Sc1cccs1. The van der Waals surface area contributed by atoms with Crippen LogP contribution in [-0.2, 0) is 0 Å². The number of rotatable bonds is 4. The molecule has 1 aliphatic rings. The Balaban J connectivity index is 1.96. The van der Waals surface area contributed by atoms with Gasteiger partial charge in [0.1, 0.15) is 0 Å². The largest absolute Gasteiger partial charge is 0.313 e. The molecule has 0 aromatic carbocycles. The highest BCUT2D eigenvalue weighted by Crippen LogP contribution is 2.37. The zero-order chi connectivity index (χ0) is 11.4. The minimum absolute atomic E-state index is 0.716. The van der Waals surface area contributed by atoms with E-state index in [-0.39, 0.29) is 0 Å². The second-order valence-electron chi connectivity index (χ2n) is 4.67. The Morgan fingerprint density at radius 2 is 2.38 bits per heavy atom. The maximum atomic E-state index is 3.65. The fourth-order valence-electron chi connectivity index (χ4n) is 2.43. The van der Waals surface area contributed by atoms with Gasteiger partial charge in [0.05, 0.1) is 4.21 Å². The van der Waals surface area contributed by atoms with Crippen molar-refractivity contribution in [2.24, 2.45) is 5.92 Å². The third-order valence-corrected chi connectivity index (χ3v) is 5.71. The number of thiophene rings is 1. The molecule has 1 fully saturated rings. The van der Waals surface area contributed by atoms with Crippen LogP contribution in [-0.4, -0.2) is 17.8 Å². The molecule has 16 heavy (non-hydrogen) atoms. The van der Waals surface area contributed by atoms with Crippen molar-refractivity contribution < 1.29 is 0 Å². The van der Waals surface area contributed by atoms with Gasteiger partial charge < -0.3 is 5.32 Å². The molecule has 1 aromatic rings. The van der Waals surface area contributed by atoms with E-state index in [1.54, 1.807) is 0 Å². The van der Waals surface area contributed by atoms with E-state index in [9.17, 15) is 0 Å². The molecule has 90 valence electrons. The van der Waals surface area contributed by atoms with Crippen LogP contribution in [0.3, 0.4) is 0 Å². The number of hydrogen-bond donors (Lipinski definition) is 1. The molecule has 3 atom stereocenters. The number of thioether (sulfide) groups is 1. The minimum atomic E-state index is 0.716. The van der Waals surface area contributed by atoms with E-state index >= 15 is 0 Å². The molecule has 2 rings (SSSR count). The molecular weight excluding hydrogens is 234 g/mol. The Hall–Kier alpha value is 0.01000. The molecule has 1 nitrogen and oxygen atoms in total. The molecule has 0 amide bonds. The van der Waals surface area contributed by atoms with E-state index in [1.165, 1.54) is 23.5 Å². The van der Waals surface area contributed by atoms with Gasteiger partial charge in [-0.1, -0.05) is 19.9 Å². The summed E-state index contributed by atoms with van der Waals surface area (Å²) in [5.74, 6) is 0.896. The van der Waals surface area contributed by atoms with Crippen molar-refractivity contribution in [3.05, 3.63) is 17.5 Å². The molecule has 1 aromatic heterocycles. The third kappa shape index (κ3) is 3.25. The average molecular weight is 255 g/mol. The highest BCUT2D eigenvalue weighted by Gasteiger charge is 2.28. The standard InChI is InChI=1S/C13H21NS2/c1-3-14-11-7-6-10(2)9-12(11)16-13-5-4-8-15-13/h4-5,8,10-12,14H,3,6-7,9H2,1-2H3. The van der Waals surface area contributed by atoms with Gasteiger partial charge >= 0.3 is 0 Å². The predicted octanol–water partition coefficient (Wildman–Crippen LogP) is 4.01. The van der Waals surface area contributed by atoms with E-state index < -0.39 is 0 Å². The number of hydrogen-bond acceptors (Lipinski definition) is 3. The quantitative estimate of drug-likeness (QED) is 0.872. The smallest absolute Gasteiger partial charge is 0.0601 e. The van der Waals surface area contributed by atoms with Gasteiger partial charge in [-0.05, 0) is 43.2 Å². The van der Waals surface area contributed by atoms with Gasteiger partial charge in [-0.3, -0.25) is 0 Å². The molecule has 1 saturated carbocycles. The van der Waals surface area contributed by atoms with E-state index in [1.807, 2.05) is 11.3 Å². The first-order valence-electron chi connectivity index (χ1n) is 6.23. The Morgan fingerprint density at radius 1 is 1.50 bits per heavy atom.